The molecule has 0 heterocycles. The highest BCUT2D eigenvalue weighted by Gasteiger charge is 2.01. The van der Waals surface area contributed by atoms with E-state index in [1.807, 2.05) is 113 Å². The highest BCUT2D eigenvalue weighted by molar-refractivity contribution is 5.34. The van der Waals surface area contributed by atoms with Crippen molar-refractivity contribution in [2.45, 2.75) is 47.0 Å². The van der Waals surface area contributed by atoms with E-state index in [2.05, 4.69) is 24.3 Å². The van der Waals surface area contributed by atoms with E-state index < -0.39 is 0 Å². The van der Waals surface area contributed by atoms with E-state index in [-0.39, 0.29) is 0 Å². The fourth-order valence-corrected chi connectivity index (χ4v) is 3.19. The summed E-state index contributed by atoms with van der Waals surface area (Å²) in [5.41, 5.74) is 2.66. The lowest BCUT2D eigenvalue weighted by atomic mass is 10.0. The van der Waals surface area contributed by atoms with Gasteiger partial charge in [0.2, 0.25) is 0 Å². The van der Waals surface area contributed by atoms with Gasteiger partial charge in [0, 0.05) is 0 Å². The lowest BCUT2D eigenvalue weighted by Gasteiger charge is -2.08. The molecule has 0 aliphatic rings. The number of ether oxygens (including phenoxy) is 2. The van der Waals surface area contributed by atoms with Crippen LogP contribution in [0.4, 0.5) is 0 Å². The van der Waals surface area contributed by atoms with Gasteiger partial charge in [-0.1, -0.05) is 88.4 Å². The average molecular weight is 441 g/mol. The van der Waals surface area contributed by atoms with Crippen LogP contribution in [-0.4, -0.2) is 0 Å². The first kappa shape index (κ1) is 25.7. The lowest BCUT2D eigenvalue weighted by molar-refractivity contribution is 0.482. The van der Waals surface area contributed by atoms with Crippen LogP contribution in [0.5, 0.6) is 23.0 Å². The minimum atomic E-state index is 0.861. The Morgan fingerprint density at radius 2 is 0.697 bits per heavy atom. The first-order chi connectivity index (χ1) is 16.3. The Hall–Kier alpha value is -3.52. The molecule has 0 aliphatic heterocycles. The molecule has 33 heavy (non-hydrogen) atoms. The fourth-order valence-electron chi connectivity index (χ4n) is 3.19. The molecule has 0 atom stereocenters. The maximum absolute atomic E-state index is 5.85. The Morgan fingerprint density at radius 3 is 1.03 bits per heavy atom. The van der Waals surface area contributed by atoms with Crippen molar-refractivity contribution >= 4 is 0 Å². The number of aryl methyl sites for hydroxylation is 2. The summed E-state index contributed by atoms with van der Waals surface area (Å²) < 4.78 is 11.7. The summed E-state index contributed by atoms with van der Waals surface area (Å²) >= 11 is 0. The Balaban J connectivity index is 0.000000914. The van der Waals surface area contributed by atoms with Crippen LogP contribution in [0, 0.1) is 0 Å². The van der Waals surface area contributed by atoms with Crippen LogP contribution in [-0.2, 0) is 12.8 Å². The van der Waals surface area contributed by atoms with Crippen molar-refractivity contribution in [1.82, 2.24) is 0 Å². The molecule has 0 saturated carbocycles. The summed E-state index contributed by atoms with van der Waals surface area (Å²) in [4.78, 5) is 0. The van der Waals surface area contributed by atoms with Gasteiger partial charge in [0.1, 0.15) is 23.0 Å². The van der Waals surface area contributed by atoms with Gasteiger partial charge in [-0.15, -0.1) is 0 Å². The Morgan fingerprint density at radius 1 is 0.394 bits per heavy atom. The average Bonchev–Trinajstić information content (AvgIpc) is 2.90. The van der Waals surface area contributed by atoms with Gasteiger partial charge in [-0.3, -0.25) is 0 Å². The van der Waals surface area contributed by atoms with E-state index in [1.165, 1.54) is 11.1 Å². The second kappa shape index (κ2) is 15.3. The third-order valence-electron chi connectivity index (χ3n) is 4.74. The summed E-state index contributed by atoms with van der Waals surface area (Å²) in [7, 11) is 0. The molecule has 4 rings (SSSR count). The van der Waals surface area contributed by atoms with Gasteiger partial charge in [0.15, 0.2) is 0 Å². The molecule has 0 amide bonds. The van der Waals surface area contributed by atoms with Crippen LogP contribution in [0.15, 0.2) is 109 Å². The predicted octanol–water partition coefficient (Wildman–Crippen LogP) is 9.50. The third-order valence-corrected chi connectivity index (χ3v) is 4.74. The fraction of sp³-hybridized carbons (Fsp3) is 0.226. The number of para-hydroxylation sites is 2. The van der Waals surface area contributed by atoms with Crippen LogP contribution in [0.1, 0.15) is 45.2 Å². The van der Waals surface area contributed by atoms with Crippen molar-refractivity contribution in [3.05, 3.63) is 120 Å². The van der Waals surface area contributed by atoms with Crippen molar-refractivity contribution in [1.29, 1.82) is 0 Å². The van der Waals surface area contributed by atoms with Crippen LogP contribution >= 0.6 is 0 Å². The molecule has 0 radical (unpaired) electrons. The summed E-state index contributed by atoms with van der Waals surface area (Å²) in [6.07, 6.45) is 3.21. The summed E-state index contributed by atoms with van der Waals surface area (Å²) in [6, 6.07) is 36.5. The van der Waals surface area contributed by atoms with Crippen molar-refractivity contribution < 1.29 is 9.47 Å². The van der Waals surface area contributed by atoms with E-state index >= 15 is 0 Å². The van der Waals surface area contributed by atoms with Crippen molar-refractivity contribution in [2.24, 2.45) is 0 Å². The molecule has 4 aromatic rings. The SMILES string of the molecule is CC.CC.c1ccc(Oc2ccc(CCCc3ccc(Oc4ccccc4)cc3)cc2)cc1. The minimum absolute atomic E-state index is 0.861. The standard InChI is InChI=1S/C27H24O2.2C2H6/c1-3-10-24(11-4-1)28-26-18-14-22(15-19-26)8-7-9-23-16-20-27(21-17-23)29-25-12-5-2-6-13-25;2*1-2/h1-6,10-21H,7-9H2;2*1-2H3. The van der Waals surface area contributed by atoms with Gasteiger partial charge in [0.05, 0.1) is 0 Å². The summed E-state index contributed by atoms with van der Waals surface area (Å²) in [5.74, 6) is 3.46. The molecule has 0 N–H and O–H groups in total. The molecule has 0 unspecified atom stereocenters. The normalized spacial score (nSPS) is 9.58. The molecule has 2 heteroatoms. The largest absolute Gasteiger partial charge is 0.457 e. The van der Waals surface area contributed by atoms with Gasteiger partial charge in [-0.25, -0.2) is 0 Å². The highest BCUT2D eigenvalue weighted by atomic mass is 16.5. The van der Waals surface area contributed by atoms with Crippen LogP contribution in [0.2, 0.25) is 0 Å². The molecule has 0 saturated heterocycles. The van der Waals surface area contributed by atoms with Crippen molar-refractivity contribution in [3.8, 4) is 23.0 Å². The topological polar surface area (TPSA) is 18.5 Å². The van der Waals surface area contributed by atoms with E-state index in [9.17, 15) is 0 Å². The van der Waals surface area contributed by atoms with E-state index in [0.717, 1.165) is 42.3 Å². The smallest absolute Gasteiger partial charge is 0.127 e. The van der Waals surface area contributed by atoms with Crippen molar-refractivity contribution in [3.63, 3.8) is 0 Å². The molecule has 0 fully saturated rings. The predicted molar refractivity (Wildman–Crippen MR) is 141 cm³/mol. The summed E-state index contributed by atoms with van der Waals surface area (Å²) in [5, 5.41) is 0. The Bertz CT molecular complexity index is 907. The van der Waals surface area contributed by atoms with Gasteiger partial charge < -0.3 is 9.47 Å². The maximum Gasteiger partial charge on any atom is 0.127 e. The highest BCUT2D eigenvalue weighted by Crippen LogP contribution is 2.23. The molecule has 0 bridgehead atoms. The zero-order valence-corrected chi connectivity index (χ0v) is 20.3. The van der Waals surface area contributed by atoms with Gasteiger partial charge in [0.25, 0.3) is 0 Å². The molecule has 4 aromatic carbocycles. The van der Waals surface area contributed by atoms with Gasteiger partial charge >= 0.3 is 0 Å². The lowest BCUT2D eigenvalue weighted by Crippen LogP contribution is -1.91. The van der Waals surface area contributed by atoms with Gasteiger partial charge in [-0.05, 0) is 78.9 Å². The molecule has 2 nitrogen and oxygen atoms in total. The Kier molecular flexibility index (Phi) is 11.9. The molecule has 0 spiro atoms. The van der Waals surface area contributed by atoms with E-state index in [1.54, 1.807) is 0 Å². The quantitative estimate of drug-likeness (QED) is 0.271. The first-order valence-electron chi connectivity index (χ1n) is 12.0. The van der Waals surface area contributed by atoms with Crippen LogP contribution < -0.4 is 9.47 Å². The number of rotatable bonds is 8. The minimum Gasteiger partial charge on any atom is -0.457 e. The molecule has 0 aliphatic carbocycles. The second-order valence-electron chi connectivity index (χ2n) is 6.97. The number of hydrogen-bond acceptors (Lipinski definition) is 2. The number of hydrogen-bond donors (Lipinski definition) is 0. The first-order valence-corrected chi connectivity index (χ1v) is 12.0. The zero-order chi connectivity index (χ0) is 23.7. The van der Waals surface area contributed by atoms with Gasteiger partial charge in [-0.2, -0.15) is 0 Å². The van der Waals surface area contributed by atoms with Crippen LogP contribution in [0.25, 0.3) is 0 Å². The number of benzene rings is 4. The zero-order valence-electron chi connectivity index (χ0n) is 20.3. The Labute approximate surface area is 199 Å². The summed E-state index contributed by atoms with van der Waals surface area (Å²) in [6.45, 7) is 8.00. The van der Waals surface area contributed by atoms with Crippen molar-refractivity contribution in [2.75, 3.05) is 0 Å². The van der Waals surface area contributed by atoms with E-state index in [4.69, 9.17) is 9.47 Å². The second-order valence-corrected chi connectivity index (χ2v) is 6.97. The van der Waals surface area contributed by atoms with E-state index in [0.29, 0.717) is 0 Å². The maximum atomic E-state index is 5.85. The molecular weight excluding hydrogens is 404 g/mol. The third kappa shape index (κ3) is 9.24. The molecule has 172 valence electrons. The molecule has 0 aromatic heterocycles. The molecular formula is C31H36O2. The van der Waals surface area contributed by atoms with Crippen LogP contribution in [0.3, 0.4) is 0 Å². The monoisotopic (exact) mass is 440 g/mol.